The van der Waals surface area contributed by atoms with Gasteiger partial charge in [0, 0.05) is 5.92 Å². The standard InChI is InChI=1S/C30H38N4O8/c1-17(31-25(33-27(38)41-29(2,3)4)34-28(39)42-30(5,6)7)23(24(35)36)32-26(37)40-16-22-20-14-10-8-12-18(20)19-13-9-11-15-21(19)22/h8-15,17,22-23H,16H2,1-7H3,(H,32,37)(H,35,36)(H2,31,33,34,38,39)/t17-,23-/m0/s1. The highest BCUT2D eigenvalue weighted by atomic mass is 16.6. The zero-order chi connectivity index (χ0) is 31.2. The summed E-state index contributed by atoms with van der Waals surface area (Å²) in [6.45, 7) is 11.2. The Bertz CT molecular complexity index is 1280. The fourth-order valence-corrected chi connectivity index (χ4v) is 4.33. The summed E-state index contributed by atoms with van der Waals surface area (Å²) < 4.78 is 15.9. The SMILES string of the molecule is C[C@H](N=C(NC(=O)OC(C)(C)C)NC(=O)OC(C)(C)C)[C@H](NC(=O)OCC1c2ccccc2-c2ccccc21)C(=O)O. The van der Waals surface area contributed by atoms with Crippen LogP contribution < -0.4 is 16.0 Å². The minimum atomic E-state index is -1.57. The lowest BCUT2D eigenvalue weighted by molar-refractivity contribution is -0.139. The van der Waals surface area contributed by atoms with E-state index in [0.717, 1.165) is 22.3 Å². The number of nitrogens with one attached hydrogen (secondary N) is 3. The third-order valence-corrected chi connectivity index (χ3v) is 5.94. The molecule has 2 aromatic rings. The predicted molar refractivity (Wildman–Crippen MR) is 155 cm³/mol. The van der Waals surface area contributed by atoms with Crippen LogP contribution in [0.25, 0.3) is 11.1 Å². The Kier molecular flexibility index (Phi) is 9.82. The van der Waals surface area contributed by atoms with Crippen molar-refractivity contribution in [3.63, 3.8) is 0 Å². The van der Waals surface area contributed by atoms with Crippen LogP contribution in [0.4, 0.5) is 14.4 Å². The fraction of sp³-hybridized carbons (Fsp3) is 0.433. The van der Waals surface area contributed by atoms with E-state index < -0.39 is 53.5 Å². The molecule has 3 rings (SSSR count). The van der Waals surface area contributed by atoms with Crippen LogP contribution in [-0.2, 0) is 19.0 Å². The smallest absolute Gasteiger partial charge is 0.414 e. The first-order chi connectivity index (χ1) is 19.5. The van der Waals surface area contributed by atoms with Gasteiger partial charge in [-0.2, -0.15) is 0 Å². The number of hydrogen-bond acceptors (Lipinski definition) is 8. The second-order valence-corrected chi connectivity index (χ2v) is 11.8. The minimum absolute atomic E-state index is 0.0184. The molecule has 0 aliphatic heterocycles. The Morgan fingerprint density at radius 3 is 1.69 bits per heavy atom. The van der Waals surface area contributed by atoms with E-state index in [1.54, 1.807) is 41.5 Å². The van der Waals surface area contributed by atoms with E-state index in [2.05, 4.69) is 20.9 Å². The van der Waals surface area contributed by atoms with Crippen LogP contribution in [0.1, 0.15) is 65.5 Å². The molecule has 0 saturated carbocycles. The first-order valence-corrected chi connectivity index (χ1v) is 13.5. The zero-order valence-corrected chi connectivity index (χ0v) is 24.8. The van der Waals surface area contributed by atoms with E-state index in [1.165, 1.54) is 6.92 Å². The Morgan fingerprint density at radius 2 is 1.26 bits per heavy atom. The highest BCUT2D eigenvalue weighted by Crippen LogP contribution is 2.44. The third kappa shape index (κ3) is 8.95. The number of ether oxygens (including phenoxy) is 3. The maximum Gasteiger partial charge on any atom is 0.414 e. The molecule has 3 amide bonds. The third-order valence-electron chi connectivity index (χ3n) is 5.94. The van der Waals surface area contributed by atoms with Gasteiger partial charge < -0.3 is 24.6 Å². The second kappa shape index (κ2) is 12.9. The average Bonchev–Trinajstić information content (AvgIpc) is 3.17. The first kappa shape index (κ1) is 31.9. The fourth-order valence-electron chi connectivity index (χ4n) is 4.33. The largest absolute Gasteiger partial charge is 0.480 e. The van der Waals surface area contributed by atoms with E-state index in [-0.39, 0.29) is 12.5 Å². The van der Waals surface area contributed by atoms with E-state index in [1.807, 2.05) is 48.5 Å². The molecule has 0 radical (unpaired) electrons. The number of carbonyl (C=O) groups excluding carboxylic acids is 3. The van der Waals surface area contributed by atoms with Crippen molar-refractivity contribution in [3.05, 3.63) is 59.7 Å². The molecule has 0 heterocycles. The van der Waals surface area contributed by atoms with Crippen LogP contribution in [0.15, 0.2) is 53.5 Å². The highest BCUT2D eigenvalue weighted by Gasteiger charge is 2.32. The van der Waals surface area contributed by atoms with Crippen LogP contribution >= 0.6 is 0 Å². The van der Waals surface area contributed by atoms with Gasteiger partial charge in [0.2, 0.25) is 5.96 Å². The molecule has 0 spiro atoms. The van der Waals surface area contributed by atoms with Crippen LogP contribution in [0, 0.1) is 0 Å². The molecule has 1 aliphatic carbocycles. The average molecular weight is 583 g/mol. The van der Waals surface area contributed by atoms with Gasteiger partial charge in [0.25, 0.3) is 0 Å². The van der Waals surface area contributed by atoms with Crippen LogP contribution in [0.5, 0.6) is 0 Å². The maximum absolute atomic E-state index is 12.8. The van der Waals surface area contributed by atoms with Crippen molar-refractivity contribution in [2.24, 2.45) is 4.99 Å². The van der Waals surface area contributed by atoms with Crippen LogP contribution in [-0.4, -0.2) is 65.2 Å². The van der Waals surface area contributed by atoms with E-state index in [4.69, 9.17) is 14.2 Å². The summed E-state index contributed by atoms with van der Waals surface area (Å²) in [5, 5.41) is 16.8. The molecule has 0 saturated heterocycles. The number of alkyl carbamates (subject to hydrolysis) is 3. The zero-order valence-electron chi connectivity index (χ0n) is 24.8. The summed E-state index contributed by atoms with van der Waals surface area (Å²) in [5.74, 6) is -2.05. The van der Waals surface area contributed by atoms with Crippen molar-refractivity contribution in [2.75, 3.05) is 6.61 Å². The lowest BCUT2D eigenvalue weighted by Crippen LogP contribution is -2.51. The first-order valence-electron chi connectivity index (χ1n) is 13.5. The summed E-state index contributed by atoms with van der Waals surface area (Å²) in [5.41, 5.74) is 2.40. The van der Waals surface area contributed by atoms with Gasteiger partial charge >= 0.3 is 24.2 Å². The summed E-state index contributed by atoms with van der Waals surface area (Å²) in [6, 6.07) is 12.9. The molecule has 0 fully saturated rings. The van der Waals surface area contributed by atoms with Gasteiger partial charge in [-0.05, 0) is 70.7 Å². The normalized spacial score (nSPS) is 13.9. The predicted octanol–water partition coefficient (Wildman–Crippen LogP) is 4.77. The summed E-state index contributed by atoms with van der Waals surface area (Å²) in [4.78, 5) is 53.8. The molecule has 42 heavy (non-hydrogen) atoms. The van der Waals surface area contributed by atoms with Crippen molar-refractivity contribution in [1.82, 2.24) is 16.0 Å². The summed E-state index contributed by atoms with van der Waals surface area (Å²) in [6.07, 6.45) is -2.85. The Labute approximate surface area is 244 Å². The van der Waals surface area contributed by atoms with Crippen LogP contribution in [0.2, 0.25) is 0 Å². The van der Waals surface area contributed by atoms with E-state index in [9.17, 15) is 24.3 Å². The number of benzene rings is 2. The molecular weight excluding hydrogens is 544 g/mol. The molecule has 2 aromatic carbocycles. The quantitative estimate of drug-likeness (QED) is 0.215. The van der Waals surface area contributed by atoms with Crippen molar-refractivity contribution in [1.29, 1.82) is 0 Å². The van der Waals surface area contributed by atoms with Crippen molar-refractivity contribution < 1.29 is 38.5 Å². The summed E-state index contributed by atoms with van der Waals surface area (Å²) in [7, 11) is 0. The number of carboxylic acid groups (broad SMARTS) is 1. The number of carbonyl (C=O) groups is 4. The molecular formula is C30H38N4O8. The minimum Gasteiger partial charge on any atom is -0.480 e. The number of rotatable bonds is 6. The Morgan fingerprint density at radius 1 is 0.810 bits per heavy atom. The van der Waals surface area contributed by atoms with E-state index >= 15 is 0 Å². The van der Waals surface area contributed by atoms with E-state index in [0.29, 0.717) is 0 Å². The monoisotopic (exact) mass is 582 g/mol. The Balaban J connectivity index is 1.73. The number of aliphatic carboxylic acids is 1. The number of aliphatic imine (C=N–C) groups is 1. The van der Waals surface area contributed by atoms with Gasteiger partial charge in [-0.1, -0.05) is 48.5 Å². The molecule has 226 valence electrons. The molecule has 0 bridgehead atoms. The second-order valence-electron chi connectivity index (χ2n) is 11.8. The maximum atomic E-state index is 12.8. The number of carboxylic acids is 1. The molecule has 1 aliphatic rings. The van der Waals surface area contributed by atoms with Gasteiger partial charge in [-0.15, -0.1) is 0 Å². The summed E-state index contributed by atoms with van der Waals surface area (Å²) >= 11 is 0. The molecule has 2 atom stereocenters. The molecule has 0 unspecified atom stereocenters. The number of nitrogens with zero attached hydrogens (tertiary/aromatic N) is 1. The van der Waals surface area contributed by atoms with Crippen LogP contribution in [0.3, 0.4) is 0 Å². The lowest BCUT2D eigenvalue weighted by Gasteiger charge is -2.23. The molecule has 0 aromatic heterocycles. The van der Waals surface area contributed by atoms with Crippen molar-refractivity contribution in [2.45, 2.75) is 77.7 Å². The van der Waals surface area contributed by atoms with Gasteiger partial charge in [-0.3, -0.25) is 10.6 Å². The van der Waals surface area contributed by atoms with Gasteiger partial charge in [0.1, 0.15) is 17.8 Å². The molecule has 12 heteroatoms. The van der Waals surface area contributed by atoms with Gasteiger partial charge in [-0.25, -0.2) is 24.2 Å². The highest BCUT2D eigenvalue weighted by molar-refractivity contribution is 6.01. The molecule has 4 N–H and O–H groups in total. The number of amides is 3. The number of guanidine groups is 1. The number of fused-ring (bicyclic) bond motifs is 3. The molecule has 12 nitrogen and oxygen atoms in total. The van der Waals surface area contributed by atoms with Crippen molar-refractivity contribution >= 4 is 30.2 Å². The Hall–Kier alpha value is -4.61. The van der Waals surface area contributed by atoms with Gasteiger partial charge in [0.05, 0.1) is 6.04 Å². The van der Waals surface area contributed by atoms with Crippen molar-refractivity contribution in [3.8, 4) is 11.1 Å². The topological polar surface area (TPSA) is 165 Å². The van der Waals surface area contributed by atoms with Gasteiger partial charge in [0.15, 0.2) is 6.04 Å². The lowest BCUT2D eigenvalue weighted by atomic mass is 9.98. The number of hydrogen-bond donors (Lipinski definition) is 4.